The Bertz CT molecular complexity index is 1000. The molecule has 8 heteroatoms. The molecular weight excluding hydrogens is 392 g/mol. The van der Waals surface area contributed by atoms with Crippen LogP contribution in [0.2, 0.25) is 0 Å². The molecule has 1 aliphatic rings. The number of fused-ring (bicyclic) bond motifs is 1. The molecule has 0 saturated carbocycles. The molecule has 0 unspecified atom stereocenters. The van der Waals surface area contributed by atoms with Crippen molar-refractivity contribution in [3.8, 4) is 0 Å². The lowest BCUT2D eigenvalue weighted by atomic mass is 10.0. The van der Waals surface area contributed by atoms with E-state index in [9.17, 15) is 18.0 Å². The zero-order valence-corrected chi connectivity index (χ0v) is 17.2. The SMILES string of the molecule is CC(C)C(=O)OCC(=O)Nc1ccc2c(c1)N(S(=O)(=O)c1ccccc1)CCC2. The fraction of sp³-hybridized carbons (Fsp3) is 0.333. The molecule has 0 radical (unpaired) electrons. The van der Waals surface area contributed by atoms with Crippen LogP contribution in [0.15, 0.2) is 53.4 Å². The Kier molecular flexibility index (Phi) is 6.22. The minimum absolute atomic E-state index is 0.225. The summed E-state index contributed by atoms with van der Waals surface area (Å²) in [6.45, 7) is 3.35. The molecule has 1 aliphatic heterocycles. The third kappa shape index (κ3) is 4.76. The highest BCUT2D eigenvalue weighted by Crippen LogP contribution is 2.34. The van der Waals surface area contributed by atoms with Crippen molar-refractivity contribution in [3.63, 3.8) is 0 Å². The summed E-state index contributed by atoms with van der Waals surface area (Å²) in [5.41, 5.74) is 1.90. The number of carbonyl (C=O) groups excluding carboxylic acids is 2. The van der Waals surface area contributed by atoms with Crippen LogP contribution in [0.5, 0.6) is 0 Å². The zero-order valence-electron chi connectivity index (χ0n) is 16.4. The van der Waals surface area contributed by atoms with Gasteiger partial charge in [0.15, 0.2) is 6.61 Å². The number of hydrogen-bond acceptors (Lipinski definition) is 5. The Hall–Kier alpha value is -2.87. The van der Waals surface area contributed by atoms with Crippen molar-refractivity contribution in [3.05, 3.63) is 54.1 Å². The van der Waals surface area contributed by atoms with Crippen LogP contribution < -0.4 is 9.62 Å². The number of carbonyl (C=O) groups is 2. The van der Waals surface area contributed by atoms with Crippen molar-refractivity contribution in [2.45, 2.75) is 31.6 Å². The van der Waals surface area contributed by atoms with Gasteiger partial charge in [-0.05, 0) is 42.7 Å². The number of anilines is 2. The van der Waals surface area contributed by atoms with E-state index in [0.29, 0.717) is 17.9 Å². The second-order valence-electron chi connectivity index (χ2n) is 7.15. The molecular formula is C21H24N2O5S. The maximum absolute atomic E-state index is 13.1. The summed E-state index contributed by atoms with van der Waals surface area (Å²) in [7, 11) is -3.70. The van der Waals surface area contributed by atoms with Gasteiger partial charge < -0.3 is 10.1 Å². The van der Waals surface area contributed by atoms with Gasteiger partial charge in [0.05, 0.1) is 16.5 Å². The van der Waals surface area contributed by atoms with Crippen molar-refractivity contribution in [1.82, 2.24) is 0 Å². The lowest BCUT2D eigenvalue weighted by Gasteiger charge is -2.31. The van der Waals surface area contributed by atoms with Crippen molar-refractivity contribution < 1.29 is 22.7 Å². The van der Waals surface area contributed by atoms with Crippen LogP contribution in [-0.2, 0) is 30.8 Å². The van der Waals surface area contributed by atoms with Gasteiger partial charge in [0.25, 0.3) is 15.9 Å². The molecule has 0 aromatic heterocycles. The normalized spacial score (nSPS) is 13.7. The molecule has 0 spiro atoms. The summed E-state index contributed by atoms with van der Waals surface area (Å²) in [5.74, 6) is -1.25. The quantitative estimate of drug-likeness (QED) is 0.731. The van der Waals surface area contributed by atoms with Gasteiger partial charge in [-0.3, -0.25) is 13.9 Å². The van der Waals surface area contributed by atoms with Crippen LogP contribution in [0.1, 0.15) is 25.8 Å². The lowest BCUT2D eigenvalue weighted by molar-refractivity contribution is -0.150. The molecule has 154 valence electrons. The molecule has 1 amide bonds. The van der Waals surface area contributed by atoms with Crippen molar-refractivity contribution in [2.24, 2.45) is 5.92 Å². The standard InChI is InChI=1S/C21H24N2O5S/c1-15(2)21(25)28-14-20(24)22-17-11-10-16-7-6-12-23(19(16)13-17)29(26,27)18-8-4-3-5-9-18/h3-5,8-11,13,15H,6-7,12,14H2,1-2H3,(H,22,24). The number of sulfonamides is 1. The molecule has 0 saturated heterocycles. The number of amides is 1. The lowest BCUT2D eigenvalue weighted by Crippen LogP contribution is -2.35. The number of nitrogens with one attached hydrogen (secondary N) is 1. The minimum Gasteiger partial charge on any atom is -0.455 e. The van der Waals surface area contributed by atoms with E-state index in [1.54, 1.807) is 56.3 Å². The molecule has 7 nitrogen and oxygen atoms in total. The van der Waals surface area contributed by atoms with Crippen molar-refractivity contribution in [2.75, 3.05) is 22.8 Å². The first-order valence-electron chi connectivity index (χ1n) is 9.46. The number of hydrogen-bond donors (Lipinski definition) is 1. The van der Waals surface area contributed by atoms with E-state index in [2.05, 4.69) is 5.32 Å². The predicted molar refractivity (Wildman–Crippen MR) is 110 cm³/mol. The van der Waals surface area contributed by atoms with E-state index >= 15 is 0 Å². The summed E-state index contributed by atoms with van der Waals surface area (Å²) in [4.78, 5) is 23.8. The van der Waals surface area contributed by atoms with Gasteiger partial charge in [-0.25, -0.2) is 8.42 Å². The van der Waals surface area contributed by atoms with E-state index in [1.807, 2.05) is 6.07 Å². The number of ether oxygens (including phenoxy) is 1. The Morgan fingerprint density at radius 1 is 1.14 bits per heavy atom. The number of aryl methyl sites for hydroxylation is 1. The number of esters is 1. The summed E-state index contributed by atoms with van der Waals surface area (Å²) >= 11 is 0. The Labute approximate surface area is 170 Å². The maximum Gasteiger partial charge on any atom is 0.308 e. The van der Waals surface area contributed by atoms with Gasteiger partial charge in [-0.2, -0.15) is 0 Å². The summed E-state index contributed by atoms with van der Waals surface area (Å²) < 4.78 is 32.5. The van der Waals surface area contributed by atoms with Gasteiger partial charge in [-0.15, -0.1) is 0 Å². The van der Waals surface area contributed by atoms with Crippen LogP contribution in [0.25, 0.3) is 0 Å². The van der Waals surface area contributed by atoms with Crippen molar-refractivity contribution in [1.29, 1.82) is 0 Å². The van der Waals surface area contributed by atoms with E-state index in [0.717, 1.165) is 18.4 Å². The molecule has 3 rings (SSSR count). The molecule has 1 heterocycles. The molecule has 2 aromatic carbocycles. The predicted octanol–water partition coefficient (Wildman–Crippen LogP) is 2.97. The second kappa shape index (κ2) is 8.65. The molecule has 0 aliphatic carbocycles. The Morgan fingerprint density at radius 3 is 2.55 bits per heavy atom. The molecule has 0 bridgehead atoms. The van der Waals surface area contributed by atoms with Crippen molar-refractivity contribution >= 4 is 33.3 Å². The highest BCUT2D eigenvalue weighted by molar-refractivity contribution is 7.92. The van der Waals surface area contributed by atoms with Gasteiger partial charge >= 0.3 is 5.97 Å². The molecule has 0 fully saturated rings. The first-order chi connectivity index (χ1) is 13.8. The summed E-state index contributed by atoms with van der Waals surface area (Å²) in [6, 6.07) is 13.5. The van der Waals surface area contributed by atoms with Crippen LogP contribution in [0.3, 0.4) is 0 Å². The smallest absolute Gasteiger partial charge is 0.308 e. The third-order valence-corrected chi connectivity index (χ3v) is 6.42. The topological polar surface area (TPSA) is 92.8 Å². The average Bonchev–Trinajstić information content (AvgIpc) is 2.72. The first kappa shape index (κ1) is 20.9. The fourth-order valence-corrected chi connectivity index (χ4v) is 4.64. The van der Waals surface area contributed by atoms with Gasteiger partial charge in [0.1, 0.15) is 0 Å². The number of rotatable bonds is 6. The third-order valence-electron chi connectivity index (χ3n) is 4.59. The zero-order chi connectivity index (χ0) is 21.0. The molecule has 1 N–H and O–H groups in total. The number of nitrogens with zero attached hydrogens (tertiary/aromatic N) is 1. The van der Waals surface area contributed by atoms with Crippen LogP contribution >= 0.6 is 0 Å². The monoisotopic (exact) mass is 416 g/mol. The Balaban J connectivity index is 1.81. The van der Waals surface area contributed by atoms with E-state index < -0.39 is 21.9 Å². The highest BCUT2D eigenvalue weighted by atomic mass is 32.2. The largest absolute Gasteiger partial charge is 0.455 e. The van der Waals surface area contributed by atoms with Crippen LogP contribution in [0, 0.1) is 5.92 Å². The summed E-state index contributed by atoms with van der Waals surface area (Å²) in [5, 5.41) is 2.66. The van der Waals surface area contributed by atoms with E-state index in [1.165, 1.54) is 4.31 Å². The fourth-order valence-electron chi connectivity index (χ4n) is 3.09. The van der Waals surface area contributed by atoms with Crippen LogP contribution in [-0.4, -0.2) is 33.4 Å². The minimum atomic E-state index is -3.70. The first-order valence-corrected chi connectivity index (χ1v) is 10.9. The Morgan fingerprint density at radius 2 is 1.86 bits per heavy atom. The second-order valence-corrected chi connectivity index (χ2v) is 9.01. The van der Waals surface area contributed by atoms with E-state index in [4.69, 9.17) is 4.74 Å². The highest BCUT2D eigenvalue weighted by Gasteiger charge is 2.29. The number of benzene rings is 2. The van der Waals surface area contributed by atoms with Gasteiger partial charge in [0.2, 0.25) is 0 Å². The van der Waals surface area contributed by atoms with E-state index in [-0.39, 0.29) is 17.4 Å². The molecule has 2 aromatic rings. The molecule has 29 heavy (non-hydrogen) atoms. The maximum atomic E-state index is 13.1. The van der Waals surface area contributed by atoms with Crippen LogP contribution in [0.4, 0.5) is 11.4 Å². The van der Waals surface area contributed by atoms with Gasteiger partial charge in [0, 0.05) is 12.2 Å². The van der Waals surface area contributed by atoms with Gasteiger partial charge in [-0.1, -0.05) is 38.1 Å². The molecule has 0 atom stereocenters. The average molecular weight is 416 g/mol. The summed E-state index contributed by atoms with van der Waals surface area (Å²) in [6.07, 6.45) is 1.48.